The molecule has 0 saturated carbocycles. The van der Waals surface area contributed by atoms with Gasteiger partial charge in [0.15, 0.2) is 23.7 Å². The zero-order valence-corrected chi connectivity index (χ0v) is 22.2. The number of benzene rings is 1. The Balaban J connectivity index is 1.72. The van der Waals surface area contributed by atoms with Gasteiger partial charge in [-0.3, -0.25) is 19.0 Å². The fourth-order valence-corrected chi connectivity index (χ4v) is 4.74. The van der Waals surface area contributed by atoms with Crippen LogP contribution in [0.5, 0.6) is 11.5 Å². The topological polar surface area (TPSA) is 128 Å². The highest BCUT2D eigenvalue weighted by atomic mass is 19.4. The van der Waals surface area contributed by atoms with Crippen molar-refractivity contribution in [3.05, 3.63) is 51.7 Å². The number of alkyl halides is 3. The van der Waals surface area contributed by atoms with Gasteiger partial charge in [0.25, 0.3) is 11.5 Å². The van der Waals surface area contributed by atoms with Gasteiger partial charge in [0.2, 0.25) is 5.91 Å². The van der Waals surface area contributed by atoms with Gasteiger partial charge in [0, 0.05) is 26.2 Å². The molecule has 3 aromatic rings. The molecule has 40 heavy (non-hydrogen) atoms. The summed E-state index contributed by atoms with van der Waals surface area (Å²) in [4.78, 5) is 44.7. The SMILES string of the molecule is COc1ccc(Cn2c(C)nc3c(c(OCC(F)(F)F)c(C(=O)NC4CCN(C(=O)CO)CC4)n3C)c2=O)cc1. The van der Waals surface area contributed by atoms with Crippen LogP contribution in [0.3, 0.4) is 0 Å². The van der Waals surface area contributed by atoms with Gasteiger partial charge in [-0.05, 0) is 37.5 Å². The molecule has 2 N–H and O–H groups in total. The number of halogens is 3. The molecule has 1 saturated heterocycles. The Hall–Kier alpha value is -4.07. The largest absolute Gasteiger partial charge is 0.497 e. The second-order valence-corrected chi connectivity index (χ2v) is 9.52. The van der Waals surface area contributed by atoms with Crippen LogP contribution in [-0.2, 0) is 18.4 Å². The van der Waals surface area contributed by atoms with E-state index < -0.39 is 42.5 Å². The molecule has 0 atom stereocenters. The van der Waals surface area contributed by atoms with Gasteiger partial charge in [0.1, 0.15) is 23.6 Å². The zero-order chi connectivity index (χ0) is 29.2. The number of aryl methyl sites for hydroxylation is 2. The van der Waals surface area contributed by atoms with Gasteiger partial charge >= 0.3 is 6.18 Å². The summed E-state index contributed by atoms with van der Waals surface area (Å²) in [5.74, 6) is -0.740. The number of methoxy groups -OCH3 is 1. The van der Waals surface area contributed by atoms with Crippen molar-refractivity contribution in [2.24, 2.45) is 7.05 Å². The Labute approximate surface area is 227 Å². The lowest BCUT2D eigenvalue weighted by molar-refractivity contribution is -0.153. The van der Waals surface area contributed by atoms with Crippen LogP contribution in [0.1, 0.15) is 34.7 Å². The number of nitrogens with zero attached hydrogens (tertiary/aromatic N) is 4. The second kappa shape index (κ2) is 11.6. The third-order valence-corrected chi connectivity index (χ3v) is 6.85. The number of fused-ring (bicyclic) bond motifs is 1. The third-order valence-electron chi connectivity index (χ3n) is 6.85. The summed E-state index contributed by atoms with van der Waals surface area (Å²) in [6, 6.07) is 6.55. The van der Waals surface area contributed by atoms with Crippen molar-refractivity contribution in [1.29, 1.82) is 0 Å². The summed E-state index contributed by atoms with van der Waals surface area (Å²) in [7, 11) is 2.95. The maximum Gasteiger partial charge on any atom is 0.422 e. The Morgan fingerprint density at radius 2 is 1.82 bits per heavy atom. The van der Waals surface area contributed by atoms with Crippen molar-refractivity contribution in [1.82, 2.24) is 24.3 Å². The predicted molar refractivity (Wildman–Crippen MR) is 138 cm³/mol. The number of carbonyl (C=O) groups excluding carboxylic acids is 2. The number of ether oxygens (including phenoxy) is 2. The number of likely N-dealkylation sites (tertiary alicyclic amines) is 1. The first kappa shape index (κ1) is 28.9. The van der Waals surface area contributed by atoms with Crippen LogP contribution in [0, 0.1) is 6.92 Å². The molecule has 0 aliphatic carbocycles. The molecule has 0 spiro atoms. The summed E-state index contributed by atoms with van der Waals surface area (Å²) >= 11 is 0. The number of rotatable bonds is 8. The normalized spacial score (nSPS) is 14.4. The molecule has 0 radical (unpaired) electrons. The van der Waals surface area contributed by atoms with Crippen molar-refractivity contribution in [3.63, 3.8) is 0 Å². The average Bonchev–Trinajstić information content (AvgIpc) is 3.20. The zero-order valence-electron chi connectivity index (χ0n) is 22.2. The first-order valence-corrected chi connectivity index (χ1v) is 12.5. The molecule has 2 aromatic heterocycles. The Bertz CT molecular complexity index is 1460. The number of aliphatic hydroxyl groups is 1. The number of piperidine rings is 1. The van der Waals surface area contributed by atoms with Crippen LogP contribution in [0.25, 0.3) is 11.0 Å². The van der Waals surface area contributed by atoms with Crippen LogP contribution in [0.4, 0.5) is 13.2 Å². The monoisotopic (exact) mass is 565 g/mol. The van der Waals surface area contributed by atoms with Crippen molar-refractivity contribution < 1.29 is 37.3 Å². The minimum atomic E-state index is -4.72. The van der Waals surface area contributed by atoms with Crippen molar-refractivity contribution in [2.45, 2.75) is 38.5 Å². The highest BCUT2D eigenvalue weighted by molar-refractivity contribution is 6.03. The number of hydrogen-bond donors (Lipinski definition) is 2. The molecule has 3 heterocycles. The van der Waals surface area contributed by atoms with Crippen molar-refractivity contribution in [3.8, 4) is 11.5 Å². The molecule has 4 rings (SSSR count). The van der Waals surface area contributed by atoms with Crippen molar-refractivity contribution in [2.75, 3.05) is 33.4 Å². The van der Waals surface area contributed by atoms with Gasteiger partial charge in [-0.15, -0.1) is 0 Å². The summed E-state index contributed by atoms with van der Waals surface area (Å²) in [5, 5.41) is 11.6. The van der Waals surface area contributed by atoms with E-state index in [4.69, 9.17) is 14.6 Å². The molecule has 1 aliphatic rings. The summed E-state index contributed by atoms with van der Waals surface area (Å²) in [6.07, 6.45) is -3.96. The van der Waals surface area contributed by atoms with Gasteiger partial charge in [-0.25, -0.2) is 4.98 Å². The smallest absolute Gasteiger partial charge is 0.422 e. The minimum absolute atomic E-state index is 0.0131. The molecule has 216 valence electrons. The molecule has 1 aliphatic heterocycles. The molecule has 2 amide bonds. The fourth-order valence-electron chi connectivity index (χ4n) is 4.74. The van der Waals surface area contributed by atoms with E-state index in [9.17, 15) is 27.6 Å². The highest BCUT2D eigenvalue weighted by Crippen LogP contribution is 2.32. The van der Waals surface area contributed by atoms with E-state index in [-0.39, 0.29) is 29.3 Å². The van der Waals surface area contributed by atoms with Gasteiger partial charge in [-0.1, -0.05) is 12.1 Å². The summed E-state index contributed by atoms with van der Waals surface area (Å²) in [5.41, 5.74) is -0.177. The molecular weight excluding hydrogens is 535 g/mol. The van der Waals surface area contributed by atoms with E-state index >= 15 is 0 Å². The van der Waals surface area contributed by atoms with E-state index in [1.54, 1.807) is 31.2 Å². The van der Waals surface area contributed by atoms with Gasteiger partial charge < -0.3 is 29.4 Å². The number of nitrogens with one attached hydrogen (secondary N) is 1. The lowest BCUT2D eigenvalue weighted by atomic mass is 10.0. The summed E-state index contributed by atoms with van der Waals surface area (Å²) < 4.78 is 52.4. The molecule has 1 fully saturated rings. The second-order valence-electron chi connectivity index (χ2n) is 9.52. The average molecular weight is 566 g/mol. The Morgan fingerprint density at radius 3 is 2.40 bits per heavy atom. The van der Waals surface area contributed by atoms with Crippen LogP contribution >= 0.6 is 0 Å². The summed E-state index contributed by atoms with van der Waals surface area (Å²) in [6.45, 7) is -0.0524. The van der Waals surface area contributed by atoms with E-state index in [1.165, 1.54) is 28.2 Å². The molecular formula is C26H30F3N5O6. The third kappa shape index (κ3) is 6.06. The first-order chi connectivity index (χ1) is 18.9. The number of hydrogen-bond acceptors (Lipinski definition) is 7. The number of aliphatic hydroxyl groups excluding tert-OH is 1. The van der Waals surface area contributed by atoms with E-state index in [0.717, 1.165) is 5.56 Å². The molecule has 0 bridgehead atoms. The molecule has 11 nitrogen and oxygen atoms in total. The highest BCUT2D eigenvalue weighted by Gasteiger charge is 2.34. The number of aromatic nitrogens is 3. The molecule has 1 aromatic carbocycles. The first-order valence-electron chi connectivity index (χ1n) is 12.5. The quantitative estimate of drug-likeness (QED) is 0.426. The van der Waals surface area contributed by atoms with Crippen LogP contribution in [-0.4, -0.2) is 81.6 Å². The van der Waals surface area contributed by atoms with E-state index in [0.29, 0.717) is 37.5 Å². The van der Waals surface area contributed by atoms with Crippen LogP contribution in [0.15, 0.2) is 29.1 Å². The van der Waals surface area contributed by atoms with Crippen LogP contribution < -0.4 is 20.3 Å². The fraction of sp³-hybridized carbons (Fsp3) is 0.462. The maximum atomic E-state index is 13.7. The standard InChI is InChI=1S/C26H30F3N5O6/c1-15-30-23-20(25(38)34(15)12-16-4-6-18(39-3)7-5-16)22(40-14-26(27,28)29)21(32(23)2)24(37)31-17-8-10-33(11-9-17)19(36)13-35/h4-7,17,35H,8-14H2,1-3H3,(H,31,37). The van der Waals surface area contributed by atoms with E-state index in [1.807, 2.05) is 0 Å². The van der Waals surface area contributed by atoms with Gasteiger partial charge in [-0.2, -0.15) is 13.2 Å². The maximum absolute atomic E-state index is 13.7. The predicted octanol–water partition coefficient (Wildman–Crippen LogP) is 1.75. The van der Waals surface area contributed by atoms with Crippen molar-refractivity contribution >= 4 is 22.8 Å². The Morgan fingerprint density at radius 1 is 1.18 bits per heavy atom. The molecule has 0 unspecified atom stereocenters. The molecule has 14 heteroatoms. The number of amides is 2. The van der Waals surface area contributed by atoms with Crippen LogP contribution in [0.2, 0.25) is 0 Å². The van der Waals surface area contributed by atoms with Gasteiger partial charge in [0.05, 0.1) is 13.7 Å². The minimum Gasteiger partial charge on any atom is -0.497 e. The lowest BCUT2D eigenvalue weighted by Gasteiger charge is -2.32. The lowest BCUT2D eigenvalue weighted by Crippen LogP contribution is -2.47. The van der Waals surface area contributed by atoms with E-state index in [2.05, 4.69) is 10.3 Å². The Kier molecular flexibility index (Phi) is 8.37. The number of carbonyl (C=O) groups is 2.